The highest BCUT2D eigenvalue weighted by molar-refractivity contribution is 6.30. The Morgan fingerprint density at radius 3 is 3.00 bits per heavy atom. The normalized spacial score (nSPS) is 24.8. The first-order chi connectivity index (χ1) is 9.35. The number of aliphatic hydroxyl groups is 1. The molecule has 0 unspecified atom stereocenters. The predicted octanol–water partition coefficient (Wildman–Crippen LogP) is 2.79. The summed E-state index contributed by atoms with van der Waals surface area (Å²) in [6, 6.07) is 2.43. The Morgan fingerprint density at radius 2 is 2.35 bits per heavy atom. The highest BCUT2D eigenvalue weighted by Gasteiger charge is 2.41. The molecule has 2 rings (SSSR count). The quantitative estimate of drug-likeness (QED) is 0.872. The molecular weight excluding hydrogens is 287 g/mol. The van der Waals surface area contributed by atoms with Crippen LogP contribution in [0.4, 0.5) is 4.39 Å². The molecule has 0 amide bonds. The monoisotopic (exact) mass is 302 g/mol. The van der Waals surface area contributed by atoms with Gasteiger partial charge in [-0.15, -0.1) is 0 Å². The minimum Gasteiger partial charge on any atom is -0.490 e. The van der Waals surface area contributed by atoms with Crippen LogP contribution in [0.2, 0.25) is 5.02 Å². The second-order valence-electron chi connectivity index (χ2n) is 4.91. The van der Waals surface area contributed by atoms with Gasteiger partial charge in [-0.25, -0.2) is 4.39 Å². The van der Waals surface area contributed by atoms with Crippen molar-refractivity contribution in [2.24, 2.45) is 0 Å². The minimum absolute atomic E-state index is 0.0867. The maximum absolute atomic E-state index is 13.6. The molecule has 1 aliphatic heterocycles. The van der Waals surface area contributed by atoms with Crippen LogP contribution in [0.5, 0.6) is 5.75 Å². The minimum atomic E-state index is -1.51. The van der Waals surface area contributed by atoms with Crippen molar-refractivity contribution in [3.8, 4) is 5.75 Å². The van der Waals surface area contributed by atoms with Crippen molar-refractivity contribution < 1.29 is 23.8 Å². The average molecular weight is 303 g/mol. The number of halogens is 2. The lowest BCUT2D eigenvalue weighted by Crippen LogP contribution is -2.39. The van der Waals surface area contributed by atoms with E-state index in [1.807, 2.05) is 0 Å². The molecule has 0 radical (unpaired) electrons. The van der Waals surface area contributed by atoms with E-state index in [1.54, 1.807) is 13.8 Å². The molecule has 0 fully saturated rings. The largest absolute Gasteiger partial charge is 0.490 e. The third-order valence-electron chi connectivity index (χ3n) is 3.22. The van der Waals surface area contributed by atoms with Crippen molar-refractivity contribution in [3.63, 3.8) is 0 Å². The smallest absolute Gasteiger partial charge is 0.309 e. The summed E-state index contributed by atoms with van der Waals surface area (Å²) in [4.78, 5) is 11.6. The van der Waals surface area contributed by atoms with E-state index in [9.17, 15) is 14.3 Å². The summed E-state index contributed by atoms with van der Waals surface area (Å²) in [6.07, 6.45) is -0.383. The molecule has 0 aliphatic carbocycles. The number of benzene rings is 1. The van der Waals surface area contributed by atoms with Crippen LogP contribution in [-0.2, 0) is 15.1 Å². The van der Waals surface area contributed by atoms with Crippen molar-refractivity contribution in [1.29, 1.82) is 0 Å². The molecule has 4 nitrogen and oxygen atoms in total. The molecule has 1 aliphatic rings. The van der Waals surface area contributed by atoms with Crippen LogP contribution in [0.3, 0.4) is 0 Å². The van der Waals surface area contributed by atoms with Gasteiger partial charge in [0, 0.05) is 18.1 Å². The van der Waals surface area contributed by atoms with Crippen LogP contribution in [0.1, 0.15) is 32.3 Å². The first kappa shape index (κ1) is 15.1. The lowest BCUT2D eigenvalue weighted by atomic mass is 9.83. The van der Waals surface area contributed by atoms with Crippen LogP contribution in [0.25, 0.3) is 0 Å². The van der Waals surface area contributed by atoms with Gasteiger partial charge >= 0.3 is 5.97 Å². The molecule has 1 heterocycles. The Morgan fingerprint density at radius 1 is 1.65 bits per heavy atom. The summed E-state index contributed by atoms with van der Waals surface area (Å²) >= 11 is 5.71. The van der Waals surface area contributed by atoms with Crippen LogP contribution < -0.4 is 4.74 Å². The zero-order valence-corrected chi connectivity index (χ0v) is 12.0. The van der Waals surface area contributed by atoms with Crippen molar-refractivity contribution >= 4 is 17.6 Å². The standard InChI is InChI=1S/C14H16ClFO4/c1-3-19-13(17)7-14(18)6-8(2)20-12-5-10(15)11(16)4-9(12)14/h4-5,8,18H,3,6-7H2,1-2H3/t8-,14-/m1/s1. The van der Waals surface area contributed by atoms with Crippen LogP contribution in [-0.4, -0.2) is 23.8 Å². The number of fused-ring (bicyclic) bond motifs is 1. The SMILES string of the molecule is CCOC(=O)C[C@]1(O)C[C@@H](C)Oc2cc(Cl)c(F)cc21. The number of hydrogen-bond donors (Lipinski definition) is 1. The van der Waals surface area contributed by atoms with Gasteiger partial charge in [0.1, 0.15) is 17.2 Å². The average Bonchev–Trinajstić information content (AvgIpc) is 2.31. The third kappa shape index (κ3) is 2.88. The third-order valence-corrected chi connectivity index (χ3v) is 3.51. The predicted molar refractivity (Wildman–Crippen MR) is 71.3 cm³/mol. The van der Waals surface area contributed by atoms with E-state index >= 15 is 0 Å². The second-order valence-corrected chi connectivity index (χ2v) is 5.32. The molecule has 1 aromatic rings. The maximum atomic E-state index is 13.6. The lowest BCUT2D eigenvalue weighted by molar-refractivity contribution is -0.151. The van der Waals surface area contributed by atoms with Crippen molar-refractivity contribution in [2.75, 3.05) is 6.61 Å². The van der Waals surface area contributed by atoms with Crippen LogP contribution in [0.15, 0.2) is 12.1 Å². The fourth-order valence-electron chi connectivity index (χ4n) is 2.45. The van der Waals surface area contributed by atoms with Crippen molar-refractivity contribution in [3.05, 3.63) is 28.5 Å². The van der Waals surface area contributed by atoms with Gasteiger partial charge in [-0.05, 0) is 19.9 Å². The number of ether oxygens (including phenoxy) is 2. The molecule has 0 spiro atoms. The van der Waals surface area contributed by atoms with Gasteiger partial charge < -0.3 is 14.6 Å². The molecular formula is C14H16ClFO4. The molecule has 0 bridgehead atoms. The van der Waals surface area contributed by atoms with E-state index < -0.39 is 17.4 Å². The highest BCUT2D eigenvalue weighted by Crippen LogP contribution is 2.43. The van der Waals surface area contributed by atoms with Gasteiger partial charge in [0.25, 0.3) is 0 Å². The van der Waals surface area contributed by atoms with Gasteiger partial charge in [-0.3, -0.25) is 4.79 Å². The highest BCUT2D eigenvalue weighted by atomic mass is 35.5. The summed E-state index contributed by atoms with van der Waals surface area (Å²) in [5.41, 5.74) is -1.28. The number of carbonyl (C=O) groups excluding carboxylic acids is 1. The van der Waals surface area contributed by atoms with Gasteiger partial charge in [0.2, 0.25) is 0 Å². The lowest BCUT2D eigenvalue weighted by Gasteiger charge is -2.37. The Hall–Kier alpha value is -1.33. The topological polar surface area (TPSA) is 55.8 Å². The Bertz CT molecular complexity index is 534. The summed E-state index contributed by atoms with van der Waals surface area (Å²) in [7, 11) is 0. The number of carbonyl (C=O) groups is 1. The van der Waals surface area contributed by atoms with E-state index in [0.717, 1.165) is 6.07 Å². The second kappa shape index (κ2) is 5.58. The first-order valence-electron chi connectivity index (χ1n) is 6.40. The molecule has 6 heteroatoms. The molecule has 0 saturated carbocycles. The van der Waals surface area contributed by atoms with E-state index in [4.69, 9.17) is 21.1 Å². The fourth-order valence-corrected chi connectivity index (χ4v) is 2.61. The molecule has 110 valence electrons. The number of hydrogen-bond acceptors (Lipinski definition) is 4. The Balaban J connectivity index is 2.40. The van der Waals surface area contributed by atoms with E-state index in [0.29, 0.717) is 5.75 Å². The van der Waals surface area contributed by atoms with Crippen molar-refractivity contribution in [2.45, 2.75) is 38.4 Å². The van der Waals surface area contributed by atoms with E-state index in [2.05, 4.69) is 0 Å². The summed E-state index contributed by atoms with van der Waals surface area (Å²) in [5.74, 6) is -0.904. The zero-order valence-electron chi connectivity index (χ0n) is 11.3. The van der Waals surface area contributed by atoms with Crippen LogP contribution >= 0.6 is 11.6 Å². The van der Waals surface area contributed by atoms with Gasteiger partial charge in [0.15, 0.2) is 0 Å². The number of rotatable bonds is 3. The van der Waals surface area contributed by atoms with Gasteiger partial charge in [-0.2, -0.15) is 0 Å². The van der Waals surface area contributed by atoms with E-state index in [-0.39, 0.29) is 36.1 Å². The summed E-state index contributed by atoms with van der Waals surface area (Å²) < 4.78 is 24.0. The van der Waals surface area contributed by atoms with E-state index in [1.165, 1.54) is 6.07 Å². The molecule has 1 N–H and O–H groups in total. The molecule has 2 atom stereocenters. The first-order valence-corrected chi connectivity index (χ1v) is 6.77. The van der Waals surface area contributed by atoms with Gasteiger partial charge in [-0.1, -0.05) is 11.6 Å². The molecule has 1 aromatic carbocycles. The molecule has 0 saturated heterocycles. The van der Waals surface area contributed by atoms with Gasteiger partial charge in [0.05, 0.1) is 24.2 Å². The number of esters is 1. The van der Waals surface area contributed by atoms with Crippen LogP contribution in [0, 0.1) is 5.82 Å². The summed E-state index contributed by atoms with van der Waals surface area (Å²) in [6.45, 7) is 3.67. The Kier molecular flexibility index (Phi) is 4.20. The van der Waals surface area contributed by atoms with Crippen molar-refractivity contribution in [1.82, 2.24) is 0 Å². The zero-order chi connectivity index (χ0) is 14.9. The molecule has 0 aromatic heterocycles. The maximum Gasteiger partial charge on any atom is 0.309 e. The Labute approximate surface area is 121 Å². The fraction of sp³-hybridized carbons (Fsp3) is 0.500. The molecule has 20 heavy (non-hydrogen) atoms. The summed E-state index contributed by atoms with van der Waals surface area (Å²) in [5, 5.41) is 10.6.